The molecule has 0 unspecified atom stereocenters. The van der Waals surface area contributed by atoms with Crippen LogP contribution in [0.4, 0.5) is 35.1 Å². The van der Waals surface area contributed by atoms with Crippen LogP contribution in [0.2, 0.25) is 0 Å². The van der Waals surface area contributed by atoms with Crippen molar-refractivity contribution in [3.05, 3.63) is 81.7 Å². The highest BCUT2D eigenvalue weighted by molar-refractivity contribution is 5.90. The van der Waals surface area contributed by atoms with E-state index in [0.29, 0.717) is 48.5 Å². The van der Waals surface area contributed by atoms with Crippen molar-refractivity contribution in [1.29, 1.82) is 21.0 Å². The normalized spacial score (nSPS) is 11.1. The Balaban J connectivity index is 3.05. The van der Waals surface area contributed by atoms with Crippen molar-refractivity contribution in [3.8, 4) is 46.5 Å². The van der Waals surface area contributed by atoms with Crippen LogP contribution in [0.1, 0.15) is 11.1 Å². The molecule has 0 aliphatic rings. The van der Waals surface area contributed by atoms with Crippen molar-refractivity contribution < 1.29 is 35.1 Å². The highest BCUT2D eigenvalue weighted by Gasteiger charge is 2.44. The van der Waals surface area contributed by atoms with Gasteiger partial charge < -0.3 is 0 Å². The quantitative estimate of drug-likeness (QED) is 0.397. The van der Waals surface area contributed by atoms with Crippen LogP contribution in [0.15, 0.2) is 48.5 Å². The summed E-state index contributed by atoms with van der Waals surface area (Å²) >= 11 is 0. The van der Waals surface area contributed by atoms with Gasteiger partial charge in [-0.3, -0.25) is 0 Å². The second-order valence-electron chi connectivity index (χ2n) is 7.46. The lowest BCUT2D eigenvalue weighted by atomic mass is 9.83. The summed E-state index contributed by atoms with van der Waals surface area (Å²) in [7, 11) is 0. The first kappa shape index (κ1) is 27.4. The van der Waals surface area contributed by atoms with Gasteiger partial charge >= 0.3 is 12.4 Å². The van der Waals surface area contributed by atoms with E-state index in [-0.39, 0.29) is 0 Å². The minimum absolute atomic E-state index is 0.637. The maximum Gasteiger partial charge on any atom is 0.417 e. The Labute approximate surface area is 208 Å². The zero-order valence-corrected chi connectivity index (χ0v) is 18.4. The smallest absolute Gasteiger partial charge is 0.207 e. The van der Waals surface area contributed by atoms with Crippen LogP contribution in [-0.2, 0) is 12.4 Å². The molecule has 0 aromatic heterocycles. The number of nitriles is 4. The van der Waals surface area contributed by atoms with E-state index in [4.69, 9.17) is 0 Å². The van der Waals surface area contributed by atoms with Crippen molar-refractivity contribution in [3.63, 3.8) is 0 Å². The van der Waals surface area contributed by atoms with Crippen LogP contribution in [0, 0.1) is 57.0 Å². The first-order chi connectivity index (χ1) is 17.8. The fraction of sp³-hybridized carbons (Fsp3) is 0.0769. The van der Waals surface area contributed by atoms with Crippen LogP contribution in [0.3, 0.4) is 0 Å². The van der Waals surface area contributed by atoms with E-state index in [1.54, 1.807) is 0 Å². The topological polar surface area (TPSA) is 95.2 Å². The third-order valence-electron chi connectivity index (χ3n) is 5.28. The van der Waals surface area contributed by atoms with Crippen LogP contribution >= 0.6 is 0 Å². The van der Waals surface area contributed by atoms with E-state index in [1.807, 2.05) is 0 Å². The first-order valence-corrected chi connectivity index (χ1v) is 10.0. The summed E-state index contributed by atoms with van der Waals surface area (Å²) in [5, 5.41) is 34.9. The molecule has 3 aromatic carbocycles. The van der Waals surface area contributed by atoms with E-state index in [0.717, 1.165) is 24.3 Å². The molecular weight excluding hydrogens is 520 g/mol. The molecule has 0 aliphatic heterocycles. The van der Waals surface area contributed by atoms with E-state index in [1.165, 1.54) is 0 Å². The molecule has 0 amide bonds. The van der Waals surface area contributed by atoms with Gasteiger partial charge in [0, 0.05) is 21.6 Å². The van der Waals surface area contributed by atoms with Gasteiger partial charge in [0.05, 0.1) is 11.1 Å². The third kappa shape index (κ3) is 4.89. The van der Waals surface area contributed by atoms with Crippen molar-refractivity contribution in [1.82, 2.24) is 0 Å². The molecule has 0 spiro atoms. The Hall–Kier alpha value is -5.20. The zero-order chi connectivity index (χ0) is 28.4. The van der Waals surface area contributed by atoms with Gasteiger partial charge in [-0.1, -0.05) is 24.3 Å². The molecule has 38 heavy (non-hydrogen) atoms. The molecule has 0 saturated carbocycles. The van der Waals surface area contributed by atoms with Gasteiger partial charge in [0.2, 0.25) is 0 Å². The van der Waals surface area contributed by atoms with E-state index in [9.17, 15) is 56.2 Å². The average Bonchev–Trinajstić information content (AvgIpc) is 2.85. The number of nitrogens with zero attached hydrogens (tertiary/aromatic N) is 4. The molecule has 4 nitrogen and oxygen atoms in total. The molecule has 3 aromatic rings. The highest BCUT2D eigenvalue weighted by atomic mass is 19.4. The van der Waals surface area contributed by atoms with Gasteiger partial charge in [-0.15, -0.1) is 0 Å². The minimum atomic E-state index is -5.58. The van der Waals surface area contributed by atoms with Gasteiger partial charge in [-0.2, -0.15) is 47.4 Å². The maximum atomic E-state index is 14.7. The molecule has 0 saturated heterocycles. The third-order valence-corrected chi connectivity index (χ3v) is 5.28. The molecule has 0 N–H and O–H groups in total. The largest absolute Gasteiger partial charge is 0.417 e. The highest BCUT2D eigenvalue weighted by Crippen LogP contribution is 2.41. The molecular formula is C26H8F8N4. The Bertz CT molecular complexity index is 1560. The van der Waals surface area contributed by atoms with Gasteiger partial charge in [0.15, 0.2) is 0 Å². The first-order valence-electron chi connectivity index (χ1n) is 10.0. The Morgan fingerprint density at radius 3 is 0.974 bits per heavy atom. The van der Waals surface area contributed by atoms with Gasteiger partial charge in [0.1, 0.15) is 47.1 Å². The lowest BCUT2D eigenvalue weighted by Crippen LogP contribution is -2.36. The predicted octanol–water partition coefficient (Wildman–Crippen LogP) is 5.73. The Kier molecular flexibility index (Phi) is 7.24. The lowest BCUT2D eigenvalue weighted by molar-refractivity contribution is -0.141. The van der Waals surface area contributed by atoms with Crippen molar-refractivity contribution in [2.75, 3.05) is 0 Å². The van der Waals surface area contributed by atoms with Crippen LogP contribution in [0.5, 0.6) is 0 Å². The summed E-state index contributed by atoms with van der Waals surface area (Å²) in [4.78, 5) is 0. The van der Waals surface area contributed by atoms with E-state index in [2.05, 4.69) is 0 Å². The minimum Gasteiger partial charge on any atom is -0.207 e. The van der Waals surface area contributed by atoms with Crippen LogP contribution in [-0.4, -0.2) is 0 Å². The summed E-state index contributed by atoms with van der Waals surface area (Å²) in [5.74, 6) is -1.93. The standard InChI is InChI=1S/C26H8F8N4/c27-17-5-1-13(2-6-17)19-21(15(9-35)10-36)24(26(32,33)34)20(14-3-7-18(28)8-4-14)22(16(11-37)12-38)23(19)25(29,30)31/h1-8H. The van der Waals surface area contributed by atoms with Gasteiger partial charge in [-0.25, -0.2) is 8.78 Å². The molecule has 0 radical (unpaired) electrons. The fourth-order valence-electron chi connectivity index (χ4n) is 3.90. The molecule has 0 atom stereocenters. The maximum absolute atomic E-state index is 14.7. The predicted molar refractivity (Wildman–Crippen MR) is 116 cm³/mol. The molecule has 0 heterocycles. The molecule has 188 valence electrons. The fourth-order valence-corrected chi connectivity index (χ4v) is 3.90. The van der Waals surface area contributed by atoms with Crippen LogP contribution in [0.25, 0.3) is 33.4 Å². The van der Waals surface area contributed by atoms with Crippen molar-refractivity contribution in [2.24, 2.45) is 0 Å². The number of hydrogen-bond acceptors (Lipinski definition) is 4. The van der Waals surface area contributed by atoms with Gasteiger partial charge in [-0.05, 0) is 35.4 Å². The number of alkyl halides is 6. The second-order valence-corrected chi connectivity index (χ2v) is 7.46. The van der Waals surface area contributed by atoms with E-state index >= 15 is 0 Å². The molecule has 3 rings (SSSR count). The lowest BCUT2D eigenvalue weighted by Gasteiger charge is -2.23. The summed E-state index contributed by atoms with van der Waals surface area (Å²) in [6.07, 6.45) is -11.2. The van der Waals surface area contributed by atoms with E-state index < -0.39 is 79.0 Å². The summed E-state index contributed by atoms with van der Waals surface area (Å²) < 4.78 is 116. The summed E-state index contributed by atoms with van der Waals surface area (Å²) in [6, 6.07) is 9.96. The van der Waals surface area contributed by atoms with Crippen molar-refractivity contribution >= 4 is 11.1 Å². The zero-order valence-electron chi connectivity index (χ0n) is 18.4. The number of halogens is 8. The average molecular weight is 528 g/mol. The monoisotopic (exact) mass is 528 g/mol. The molecule has 0 fully saturated rings. The number of hydrogen-bond donors (Lipinski definition) is 0. The Morgan fingerprint density at radius 1 is 0.500 bits per heavy atom. The second kappa shape index (κ2) is 10.0. The van der Waals surface area contributed by atoms with Gasteiger partial charge in [0.25, 0.3) is 0 Å². The number of rotatable bonds is 2. The SMILES string of the molecule is N#CC(C#N)=c1c(-c2ccc(F)cc2)c(C(F)(F)F)c(=C(C#N)C#N)c(-c2ccc(F)cc2)c1C(F)(F)F. The summed E-state index contributed by atoms with van der Waals surface area (Å²) in [5.41, 5.74) is -10.8. The molecule has 0 bridgehead atoms. The Morgan fingerprint density at radius 2 is 0.763 bits per heavy atom. The van der Waals surface area contributed by atoms with Crippen LogP contribution < -0.4 is 10.4 Å². The van der Waals surface area contributed by atoms with Crippen molar-refractivity contribution in [2.45, 2.75) is 12.4 Å². The molecule has 12 heteroatoms. The summed E-state index contributed by atoms with van der Waals surface area (Å²) in [6.45, 7) is 0. The molecule has 0 aliphatic carbocycles. The number of benzene rings is 3.